The second kappa shape index (κ2) is 12.2. The molecule has 0 saturated carbocycles. The molecular formula is C35H32ClNO6. The van der Waals surface area contributed by atoms with E-state index in [4.69, 9.17) is 30.5 Å². The highest BCUT2D eigenvalue weighted by Crippen LogP contribution is 2.43. The summed E-state index contributed by atoms with van der Waals surface area (Å²) < 4.78 is 22.5. The van der Waals surface area contributed by atoms with Gasteiger partial charge in [-0.3, -0.25) is 0 Å². The molecule has 8 heteroatoms. The quantitative estimate of drug-likeness (QED) is 0.162. The third kappa shape index (κ3) is 6.37. The minimum absolute atomic E-state index is 0.0169. The number of carbonyl (C=O) groups excluding carboxylic acids is 2. The smallest absolute Gasteiger partial charge is 0.345 e. The van der Waals surface area contributed by atoms with Gasteiger partial charge in [-0.15, -0.1) is 0 Å². The van der Waals surface area contributed by atoms with Gasteiger partial charge in [0.05, 0.1) is 35.9 Å². The number of rotatable bonds is 8. The molecule has 0 aliphatic carbocycles. The Kier molecular flexibility index (Phi) is 8.46. The normalized spacial score (nSPS) is 13.2. The van der Waals surface area contributed by atoms with Gasteiger partial charge in [0.2, 0.25) is 0 Å². The van der Waals surface area contributed by atoms with Crippen LogP contribution in [0.15, 0.2) is 84.9 Å². The zero-order valence-electron chi connectivity index (χ0n) is 24.6. The van der Waals surface area contributed by atoms with Crippen LogP contribution in [0.25, 0.3) is 16.7 Å². The summed E-state index contributed by atoms with van der Waals surface area (Å²) in [6.45, 7) is 6.27. The maximum Gasteiger partial charge on any atom is 0.345 e. The highest BCUT2D eigenvalue weighted by molar-refractivity contribution is 6.33. The lowest BCUT2D eigenvalue weighted by atomic mass is 9.85. The Morgan fingerprint density at radius 3 is 2.23 bits per heavy atom. The van der Waals surface area contributed by atoms with E-state index in [2.05, 4.69) is 32.2 Å². The molecule has 1 N–H and O–H groups in total. The number of nitrogens with one attached hydrogen (secondary N) is 1. The first-order chi connectivity index (χ1) is 20.6. The van der Waals surface area contributed by atoms with Gasteiger partial charge in [0.1, 0.15) is 23.9 Å². The fraction of sp³-hybridized carbons (Fsp3) is 0.200. The molecule has 0 aromatic heterocycles. The van der Waals surface area contributed by atoms with Gasteiger partial charge >= 0.3 is 11.9 Å². The molecule has 0 fully saturated rings. The summed E-state index contributed by atoms with van der Waals surface area (Å²) in [6, 6.07) is 22.6. The van der Waals surface area contributed by atoms with Crippen molar-refractivity contribution in [3.63, 3.8) is 0 Å². The van der Waals surface area contributed by atoms with Crippen molar-refractivity contribution < 1.29 is 28.5 Å². The van der Waals surface area contributed by atoms with E-state index in [1.807, 2.05) is 18.2 Å². The van der Waals surface area contributed by atoms with E-state index in [1.165, 1.54) is 0 Å². The topological polar surface area (TPSA) is 83.1 Å². The summed E-state index contributed by atoms with van der Waals surface area (Å²) >= 11 is 6.18. The molecule has 4 aromatic carbocycles. The van der Waals surface area contributed by atoms with Crippen LogP contribution in [-0.2, 0) is 11.3 Å². The molecule has 5 rings (SSSR count). The van der Waals surface area contributed by atoms with Crippen LogP contribution in [0.4, 0.5) is 5.69 Å². The maximum atomic E-state index is 13.1. The number of allylic oxidation sites excluding steroid dienone is 1. The minimum atomic E-state index is -0.574. The molecule has 0 amide bonds. The molecule has 0 atom stereocenters. The number of benzene rings is 4. The van der Waals surface area contributed by atoms with Gasteiger partial charge in [0.15, 0.2) is 0 Å². The Balaban J connectivity index is 1.52. The van der Waals surface area contributed by atoms with Crippen molar-refractivity contribution in [3.8, 4) is 28.4 Å². The van der Waals surface area contributed by atoms with Crippen LogP contribution in [-0.4, -0.2) is 31.7 Å². The van der Waals surface area contributed by atoms with Gasteiger partial charge in [-0.2, -0.15) is 0 Å². The van der Waals surface area contributed by atoms with E-state index in [0.717, 1.165) is 33.5 Å². The van der Waals surface area contributed by atoms with Crippen LogP contribution in [0.5, 0.6) is 17.2 Å². The van der Waals surface area contributed by atoms with E-state index in [1.54, 1.807) is 74.9 Å². The number of hydrogen-bond acceptors (Lipinski definition) is 7. The van der Waals surface area contributed by atoms with Crippen LogP contribution in [0.2, 0.25) is 5.02 Å². The first-order valence-corrected chi connectivity index (χ1v) is 14.1. The lowest BCUT2D eigenvalue weighted by Gasteiger charge is -2.33. The number of halogens is 1. The van der Waals surface area contributed by atoms with Crippen LogP contribution >= 0.6 is 11.6 Å². The molecule has 0 unspecified atom stereocenters. The summed E-state index contributed by atoms with van der Waals surface area (Å²) in [6.07, 6.45) is 2.16. The summed E-state index contributed by atoms with van der Waals surface area (Å²) in [4.78, 5) is 25.8. The molecule has 0 bridgehead atoms. The molecule has 1 aliphatic heterocycles. The number of anilines is 1. The Hall–Kier alpha value is -4.75. The average molecular weight is 598 g/mol. The number of carbonyl (C=O) groups is 2. The molecule has 1 heterocycles. The SMILES string of the molecule is COc1ccc(C(=O)OCc2c(-c3ccc(OC(=O)c4ccccc4Cl)cc3OC)ccc3c2C(C)=CC(C)(C)N3)cc1. The first kappa shape index (κ1) is 29.7. The summed E-state index contributed by atoms with van der Waals surface area (Å²) in [5, 5.41) is 3.87. The van der Waals surface area contributed by atoms with Gasteiger partial charge in [-0.1, -0.05) is 35.9 Å². The lowest BCUT2D eigenvalue weighted by molar-refractivity contribution is 0.0473. The van der Waals surface area contributed by atoms with Gasteiger partial charge < -0.3 is 24.3 Å². The summed E-state index contributed by atoms with van der Waals surface area (Å²) in [7, 11) is 3.12. The fourth-order valence-corrected chi connectivity index (χ4v) is 5.51. The summed E-state index contributed by atoms with van der Waals surface area (Å²) in [5.74, 6) is 0.410. The predicted molar refractivity (Wildman–Crippen MR) is 168 cm³/mol. The largest absolute Gasteiger partial charge is 0.497 e. The number of esters is 2. The summed E-state index contributed by atoms with van der Waals surface area (Å²) in [5.41, 5.74) is 5.76. The molecule has 43 heavy (non-hydrogen) atoms. The Morgan fingerprint density at radius 2 is 1.53 bits per heavy atom. The number of hydrogen-bond donors (Lipinski definition) is 1. The number of ether oxygens (including phenoxy) is 4. The van der Waals surface area contributed by atoms with Crippen molar-refractivity contribution in [2.45, 2.75) is 32.9 Å². The van der Waals surface area contributed by atoms with Crippen molar-refractivity contribution in [3.05, 3.63) is 112 Å². The second-order valence-electron chi connectivity index (χ2n) is 10.7. The van der Waals surface area contributed by atoms with Crippen LogP contribution < -0.4 is 19.5 Å². The predicted octanol–water partition coefficient (Wildman–Crippen LogP) is 8.21. The van der Waals surface area contributed by atoms with Crippen LogP contribution in [0.1, 0.15) is 52.6 Å². The van der Waals surface area contributed by atoms with Gasteiger partial charge in [-0.25, -0.2) is 9.59 Å². The molecule has 1 aliphatic rings. The maximum absolute atomic E-state index is 13.1. The van der Waals surface area contributed by atoms with Crippen molar-refractivity contribution in [1.29, 1.82) is 0 Å². The Bertz CT molecular complexity index is 1730. The Labute approximate surface area is 256 Å². The van der Waals surface area contributed by atoms with E-state index in [-0.39, 0.29) is 17.7 Å². The third-order valence-electron chi connectivity index (χ3n) is 7.18. The third-order valence-corrected chi connectivity index (χ3v) is 7.51. The van der Waals surface area contributed by atoms with Crippen molar-refractivity contribution >= 4 is 34.8 Å². The molecule has 4 aromatic rings. The lowest BCUT2D eigenvalue weighted by Crippen LogP contribution is -2.32. The van der Waals surface area contributed by atoms with Crippen LogP contribution in [0, 0.1) is 0 Å². The average Bonchev–Trinajstić information content (AvgIpc) is 2.99. The number of methoxy groups -OCH3 is 2. The zero-order valence-corrected chi connectivity index (χ0v) is 25.4. The molecule has 220 valence electrons. The van der Waals surface area contributed by atoms with Gasteiger partial charge in [-0.05, 0) is 86.5 Å². The molecule has 0 saturated heterocycles. The highest BCUT2D eigenvalue weighted by atomic mass is 35.5. The van der Waals surface area contributed by atoms with Gasteiger partial charge in [0, 0.05) is 28.4 Å². The van der Waals surface area contributed by atoms with E-state index >= 15 is 0 Å². The molecule has 0 spiro atoms. The van der Waals surface area contributed by atoms with Crippen LogP contribution in [0.3, 0.4) is 0 Å². The minimum Gasteiger partial charge on any atom is -0.497 e. The standard InChI is InChI=1S/C35H32ClNO6/c1-21-19-35(2,3)37-30-17-16-25(28(32(21)30)20-42-33(38)22-10-12-23(40-4)13-11-22)26-15-14-24(18-31(26)41-5)43-34(39)27-8-6-7-9-29(27)36/h6-19,37H,20H2,1-5H3. The molecular weight excluding hydrogens is 566 g/mol. The fourth-order valence-electron chi connectivity index (χ4n) is 5.30. The van der Waals surface area contributed by atoms with E-state index in [9.17, 15) is 9.59 Å². The van der Waals surface area contributed by atoms with Gasteiger partial charge in [0.25, 0.3) is 0 Å². The molecule has 7 nitrogen and oxygen atoms in total. The van der Waals surface area contributed by atoms with E-state index < -0.39 is 11.9 Å². The molecule has 0 radical (unpaired) electrons. The Morgan fingerprint density at radius 1 is 0.837 bits per heavy atom. The van der Waals surface area contributed by atoms with Crippen molar-refractivity contribution in [1.82, 2.24) is 0 Å². The second-order valence-corrected chi connectivity index (χ2v) is 11.1. The first-order valence-electron chi connectivity index (χ1n) is 13.7. The monoisotopic (exact) mass is 597 g/mol. The van der Waals surface area contributed by atoms with Crippen molar-refractivity contribution in [2.24, 2.45) is 0 Å². The zero-order chi connectivity index (χ0) is 30.7. The van der Waals surface area contributed by atoms with Crippen molar-refractivity contribution in [2.75, 3.05) is 19.5 Å². The number of fused-ring (bicyclic) bond motifs is 1. The highest BCUT2D eigenvalue weighted by Gasteiger charge is 2.27. The van der Waals surface area contributed by atoms with E-state index in [0.29, 0.717) is 27.8 Å².